The van der Waals surface area contributed by atoms with E-state index in [0.717, 1.165) is 12.0 Å². The van der Waals surface area contributed by atoms with Gasteiger partial charge < -0.3 is 10.2 Å². The summed E-state index contributed by atoms with van der Waals surface area (Å²) in [5, 5.41) is 4.76. The Morgan fingerprint density at radius 3 is 2.75 bits per heavy atom. The number of thiophene rings is 1. The van der Waals surface area contributed by atoms with Gasteiger partial charge in [-0.15, -0.1) is 11.3 Å². The lowest BCUT2D eigenvalue weighted by Gasteiger charge is -2.23. The van der Waals surface area contributed by atoms with Gasteiger partial charge in [-0.05, 0) is 48.4 Å². The number of rotatable bonds is 5. The first-order valence-electron chi connectivity index (χ1n) is 8.02. The van der Waals surface area contributed by atoms with Gasteiger partial charge in [0, 0.05) is 13.1 Å². The number of carbonyl (C=O) groups is 2. The average molecular weight is 346 g/mol. The fraction of sp³-hybridized carbons (Fsp3) is 0.333. The molecule has 1 saturated heterocycles. The number of nitrogens with zero attached hydrogens (tertiary/aromatic N) is 1. The Balaban J connectivity index is 1.54. The van der Waals surface area contributed by atoms with Crippen molar-refractivity contribution in [3.63, 3.8) is 0 Å². The molecule has 0 spiro atoms. The molecule has 3 rings (SSSR count). The molecule has 1 N–H and O–H groups in total. The van der Waals surface area contributed by atoms with E-state index in [-0.39, 0.29) is 17.6 Å². The van der Waals surface area contributed by atoms with Crippen LogP contribution in [0.3, 0.4) is 0 Å². The van der Waals surface area contributed by atoms with Crippen LogP contribution in [-0.2, 0) is 11.2 Å². The minimum Gasteiger partial charge on any atom is -0.354 e. The molecule has 1 aromatic carbocycles. The van der Waals surface area contributed by atoms with E-state index in [4.69, 9.17) is 0 Å². The first-order valence-corrected chi connectivity index (χ1v) is 8.90. The van der Waals surface area contributed by atoms with Crippen molar-refractivity contribution < 1.29 is 14.0 Å². The van der Waals surface area contributed by atoms with Crippen LogP contribution in [-0.4, -0.2) is 35.8 Å². The fourth-order valence-electron chi connectivity index (χ4n) is 2.92. The summed E-state index contributed by atoms with van der Waals surface area (Å²) in [7, 11) is 0. The normalized spacial score (nSPS) is 17.0. The third-order valence-electron chi connectivity index (χ3n) is 4.17. The molecule has 1 atom stereocenters. The van der Waals surface area contributed by atoms with Crippen molar-refractivity contribution in [1.29, 1.82) is 0 Å². The number of likely N-dealkylation sites (tertiary alicyclic amines) is 1. The van der Waals surface area contributed by atoms with Crippen LogP contribution in [0.15, 0.2) is 41.8 Å². The van der Waals surface area contributed by atoms with Gasteiger partial charge in [0.25, 0.3) is 5.91 Å². The number of amides is 2. The van der Waals surface area contributed by atoms with Crippen LogP contribution in [0.2, 0.25) is 0 Å². The molecule has 2 heterocycles. The Morgan fingerprint density at radius 2 is 2.04 bits per heavy atom. The Morgan fingerprint density at radius 1 is 1.25 bits per heavy atom. The Labute approximate surface area is 144 Å². The summed E-state index contributed by atoms with van der Waals surface area (Å²) in [5.74, 6) is -0.447. The monoisotopic (exact) mass is 346 g/mol. The largest absolute Gasteiger partial charge is 0.354 e. The third kappa shape index (κ3) is 3.82. The van der Waals surface area contributed by atoms with Crippen LogP contribution in [0.25, 0.3) is 0 Å². The number of carbonyl (C=O) groups excluding carboxylic acids is 2. The van der Waals surface area contributed by atoms with Crippen LogP contribution in [0, 0.1) is 5.82 Å². The molecule has 126 valence electrons. The molecule has 0 radical (unpaired) electrons. The Hall–Kier alpha value is -2.21. The number of hydrogen-bond acceptors (Lipinski definition) is 3. The minimum atomic E-state index is -0.396. The highest BCUT2D eigenvalue weighted by Gasteiger charge is 2.34. The second kappa shape index (κ2) is 7.57. The van der Waals surface area contributed by atoms with Crippen molar-refractivity contribution in [3.05, 3.63) is 58.0 Å². The van der Waals surface area contributed by atoms with Crippen LogP contribution in [0.1, 0.15) is 28.1 Å². The zero-order valence-corrected chi connectivity index (χ0v) is 14.0. The second-order valence-electron chi connectivity index (χ2n) is 5.80. The van der Waals surface area contributed by atoms with E-state index < -0.39 is 6.04 Å². The van der Waals surface area contributed by atoms with Gasteiger partial charge in [-0.3, -0.25) is 9.59 Å². The van der Waals surface area contributed by atoms with E-state index in [1.807, 2.05) is 11.4 Å². The van der Waals surface area contributed by atoms with Crippen molar-refractivity contribution in [3.8, 4) is 0 Å². The molecule has 1 fully saturated rings. The summed E-state index contributed by atoms with van der Waals surface area (Å²) in [6.07, 6.45) is 2.17. The highest BCUT2D eigenvalue weighted by molar-refractivity contribution is 7.12. The predicted molar refractivity (Wildman–Crippen MR) is 91.5 cm³/mol. The van der Waals surface area contributed by atoms with Crippen LogP contribution in [0.4, 0.5) is 4.39 Å². The van der Waals surface area contributed by atoms with Crippen molar-refractivity contribution in [2.24, 2.45) is 0 Å². The molecule has 0 bridgehead atoms. The van der Waals surface area contributed by atoms with Crippen molar-refractivity contribution >= 4 is 23.2 Å². The van der Waals surface area contributed by atoms with Gasteiger partial charge >= 0.3 is 0 Å². The molecule has 1 aliphatic heterocycles. The van der Waals surface area contributed by atoms with Gasteiger partial charge in [-0.2, -0.15) is 0 Å². The first kappa shape index (κ1) is 16.6. The van der Waals surface area contributed by atoms with Crippen molar-refractivity contribution in [2.45, 2.75) is 25.3 Å². The van der Waals surface area contributed by atoms with Crippen LogP contribution >= 0.6 is 11.3 Å². The summed E-state index contributed by atoms with van der Waals surface area (Å²) in [6, 6.07) is 9.48. The van der Waals surface area contributed by atoms with Crippen LogP contribution in [0.5, 0.6) is 0 Å². The lowest BCUT2D eigenvalue weighted by atomic mass is 10.1. The lowest BCUT2D eigenvalue weighted by molar-refractivity contribution is -0.124. The zero-order valence-electron chi connectivity index (χ0n) is 13.2. The molecule has 0 saturated carbocycles. The summed E-state index contributed by atoms with van der Waals surface area (Å²) in [6.45, 7) is 1.09. The summed E-state index contributed by atoms with van der Waals surface area (Å²) >= 11 is 1.39. The van der Waals surface area contributed by atoms with Gasteiger partial charge in [0.05, 0.1) is 4.88 Å². The van der Waals surface area contributed by atoms with Gasteiger partial charge in [-0.1, -0.05) is 18.2 Å². The Kier molecular flexibility index (Phi) is 5.25. The van der Waals surface area contributed by atoms with Crippen molar-refractivity contribution in [2.75, 3.05) is 13.1 Å². The zero-order chi connectivity index (χ0) is 16.9. The molecule has 6 heteroatoms. The van der Waals surface area contributed by atoms with E-state index in [9.17, 15) is 14.0 Å². The quantitative estimate of drug-likeness (QED) is 0.905. The third-order valence-corrected chi connectivity index (χ3v) is 5.03. The SMILES string of the molecule is O=C(NCCc1ccc(F)cc1)[C@@H]1CCCN1C(=O)c1cccs1. The van der Waals surface area contributed by atoms with Gasteiger partial charge in [0.1, 0.15) is 11.9 Å². The maximum atomic E-state index is 12.9. The molecule has 1 aliphatic rings. The standard InChI is InChI=1S/C18H19FN2O2S/c19-14-7-5-13(6-8-14)9-10-20-17(22)15-3-1-11-21(15)18(23)16-4-2-12-24-16/h2,4-8,12,15H,1,3,9-11H2,(H,20,22)/t15-/m0/s1. The summed E-state index contributed by atoms with van der Waals surface area (Å²) in [4.78, 5) is 27.2. The topological polar surface area (TPSA) is 49.4 Å². The highest BCUT2D eigenvalue weighted by Crippen LogP contribution is 2.22. The molecular weight excluding hydrogens is 327 g/mol. The highest BCUT2D eigenvalue weighted by atomic mass is 32.1. The fourth-order valence-corrected chi connectivity index (χ4v) is 3.60. The smallest absolute Gasteiger partial charge is 0.264 e. The minimum absolute atomic E-state index is 0.0683. The lowest BCUT2D eigenvalue weighted by Crippen LogP contribution is -2.46. The number of benzene rings is 1. The van der Waals surface area contributed by atoms with E-state index in [1.54, 1.807) is 23.1 Å². The Bertz CT molecular complexity index is 700. The molecule has 2 amide bonds. The van der Waals surface area contributed by atoms with E-state index in [2.05, 4.69) is 5.32 Å². The van der Waals surface area contributed by atoms with Gasteiger partial charge in [0.15, 0.2) is 0 Å². The van der Waals surface area contributed by atoms with E-state index in [1.165, 1.54) is 23.5 Å². The molecular formula is C18H19FN2O2S. The molecule has 24 heavy (non-hydrogen) atoms. The maximum absolute atomic E-state index is 12.9. The molecule has 1 aromatic heterocycles. The summed E-state index contributed by atoms with van der Waals surface area (Å²) < 4.78 is 12.9. The van der Waals surface area contributed by atoms with E-state index >= 15 is 0 Å². The van der Waals surface area contributed by atoms with Gasteiger partial charge in [-0.25, -0.2) is 4.39 Å². The maximum Gasteiger partial charge on any atom is 0.264 e. The number of hydrogen-bond donors (Lipinski definition) is 1. The summed E-state index contributed by atoms with van der Waals surface area (Å²) in [5.41, 5.74) is 0.967. The molecule has 0 aliphatic carbocycles. The van der Waals surface area contributed by atoms with Crippen molar-refractivity contribution in [1.82, 2.24) is 10.2 Å². The van der Waals surface area contributed by atoms with Crippen LogP contribution < -0.4 is 5.32 Å². The second-order valence-corrected chi connectivity index (χ2v) is 6.75. The number of halogens is 1. The molecule has 2 aromatic rings. The average Bonchev–Trinajstić information content (AvgIpc) is 3.27. The molecule has 4 nitrogen and oxygen atoms in total. The molecule has 0 unspecified atom stereocenters. The van der Waals surface area contributed by atoms with E-state index in [0.29, 0.717) is 30.8 Å². The first-order chi connectivity index (χ1) is 11.6. The predicted octanol–water partition coefficient (Wildman–Crippen LogP) is 2.85. The number of nitrogens with one attached hydrogen (secondary N) is 1. The van der Waals surface area contributed by atoms with Gasteiger partial charge in [0.2, 0.25) is 5.91 Å².